The molecule has 0 fully saturated rings. The van der Waals surface area contributed by atoms with Gasteiger partial charge in [0.25, 0.3) is 0 Å². The van der Waals surface area contributed by atoms with Crippen LogP contribution < -0.4 is 0 Å². The van der Waals surface area contributed by atoms with E-state index < -0.39 is 0 Å². The van der Waals surface area contributed by atoms with Crippen molar-refractivity contribution < 1.29 is 0 Å². The number of rotatable bonds is 6. The minimum absolute atomic E-state index is 0.651. The Morgan fingerprint density at radius 1 is 1.39 bits per heavy atom. The average Bonchev–Trinajstić information content (AvgIpc) is 2.82. The first kappa shape index (κ1) is 13.3. The predicted molar refractivity (Wildman–Crippen MR) is 77.0 cm³/mol. The van der Waals surface area contributed by atoms with Crippen LogP contribution in [0.1, 0.15) is 31.1 Å². The smallest absolute Gasteiger partial charge is 0.128 e. The normalized spacial score (nSPS) is 10.7. The number of thiophene rings is 1. The Hall–Kier alpha value is -1.12. The first-order chi connectivity index (χ1) is 8.85. The lowest BCUT2D eigenvalue weighted by Crippen LogP contribution is -1.86. The summed E-state index contributed by atoms with van der Waals surface area (Å²) in [6.07, 6.45) is 5.39. The van der Waals surface area contributed by atoms with Crippen molar-refractivity contribution in [3.05, 3.63) is 17.3 Å². The number of nitriles is 1. The van der Waals surface area contributed by atoms with Crippen LogP contribution in [0.25, 0.3) is 10.2 Å². The molecule has 0 unspecified atom stereocenters. The zero-order valence-electron chi connectivity index (χ0n) is 10.3. The molecular formula is C13H15N3S2. The van der Waals surface area contributed by atoms with Gasteiger partial charge in [0.1, 0.15) is 16.2 Å². The molecule has 0 aliphatic heterocycles. The molecule has 0 N–H and O–H groups in total. The largest absolute Gasteiger partial charge is 0.229 e. The molecule has 3 nitrogen and oxygen atoms in total. The Bertz CT molecular complexity index is 557. The van der Waals surface area contributed by atoms with Gasteiger partial charge in [-0.2, -0.15) is 5.26 Å². The number of thioether (sulfide) groups is 1. The van der Waals surface area contributed by atoms with Gasteiger partial charge in [-0.3, -0.25) is 0 Å². The minimum Gasteiger partial charge on any atom is -0.229 e. The second-order valence-electron chi connectivity index (χ2n) is 3.93. The van der Waals surface area contributed by atoms with E-state index in [1.54, 1.807) is 29.4 Å². The molecule has 0 amide bonds. The van der Waals surface area contributed by atoms with Crippen LogP contribution in [0.3, 0.4) is 0 Å². The highest BCUT2D eigenvalue weighted by molar-refractivity contribution is 7.99. The molecule has 0 aliphatic carbocycles. The zero-order chi connectivity index (χ0) is 12.8. The van der Waals surface area contributed by atoms with Crippen molar-refractivity contribution in [2.75, 3.05) is 5.75 Å². The summed E-state index contributed by atoms with van der Waals surface area (Å²) in [5.74, 6) is 1.02. The van der Waals surface area contributed by atoms with Crippen LogP contribution in [0.15, 0.2) is 17.4 Å². The Morgan fingerprint density at radius 3 is 3.06 bits per heavy atom. The molecule has 0 saturated heterocycles. The maximum atomic E-state index is 8.48. The summed E-state index contributed by atoms with van der Waals surface area (Å²) in [4.78, 5) is 11.1. The second-order valence-corrected chi connectivity index (χ2v) is 6.13. The summed E-state index contributed by atoms with van der Waals surface area (Å²) in [5.41, 5.74) is 0. The van der Waals surface area contributed by atoms with E-state index in [4.69, 9.17) is 5.26 Å². The van der Waals surface area contributed by atoms with Crippen LogP contribution >= 0.6 is 23.1 Å². The third-order valence-corrected chi connectivity index (χ3v) is 4.89. The standard InChI is InChI=1S/C13H15N3S2/c1-2-10-8-11-12(15-9-16-13(11)18-10)17-7-5-3-4-6-14/h8-9H,2-5,7H2,1H3. The third kappa shape index (κ3) is 3.21. The van der Waals surface area contributed by atoms with E-state index in [2.05, 4.69) is 29.0 Å². The zero-order valence-corrected chi connectivity index (χ0v) is 12.0. The Kier molecular flexibility index (Phi) is 4.97. The SMILES string of the molecule is CCc1cc2c(SCCCCC#N)ncnc2s1. The highest BCUT2D eigenvalue weighted by Crippen LogP contribution is 2.31. The van der Waals surface area contributed by atoms with Gasteiger partial charge < -0.3 is 0 Å². The van der Waals surface area contributed by atoms with E-state index in [-0.39, 0.29) is 0 Å². The van der Waals surface area contributed by atoms with E-state index in [9.17, 15) is 0 Å². The predicted octanol–water partition coefficient (Wildman–Crippen LogP) is 4.04. The molecule has 5 heteroatoms. The number of hydrogen-bond donors (Lipinski definition) is 0. The van der Waals surface area contributed by atoms with Crippen LogP contribution in [0.2, 0.25) is 0 Å². The van der Waals surface area contributed by atoms with E-state index in [1.807, 2.05) is 0 Å². The molecule has 0 aliphatic rings. The molecule has 0 radical (unpaired) electrons. The lowest BCUT2D eigenvalue weighted by atomic mass is 10.3. The molecule has 2 aromatic heterocycles. The van der Waals surface area contributed by atoms with Gasteiger partial charge in [0, 0.05) is 16.7 Å². The summed E-state index contributed by atoms with van der Waals surface area (Å²) < 4.78 is 0. The van der Waals surface area contributed by atoms with Crippen LogP contribution in [0, 0.1) is 11.3 Å². The monoisotopic (exact) mass is 277 g/mol. The minimum atomic E-state index is 0.651. The number of nitrogens with zero attached hydrogens (tertiary/aromatic N) is 3. The number of unbranched alkanes of at least 4 members (excludes halogenated alkanes) is 2. The van der Waals surface area contributed by atoms with Crippen molar-refractivity contribution in [2.45, 2.75) is 37.6 Å². The molecule has 0 spiro atoms. The fourth-order valence-electron chi connectivity index (χ4n) is 1.65. The summed E-state index contributed by atoms with van der Waals surface area (Å²) in [5, 5.41) is 10.7. The third-order valence-electron chi connectivity index (χ3n) is 2.61. The van der Waals surface area contributed by atoms with Gasteiger partial charge in [-0.15, -0.1) is 23.1 Å². The summed E-state index contributed by atoms with van der Waals surface area (Å²) in [6, 6.07) is 4.38. The molecule has 0 atom stereocenters. The molecule has 2 rings (SSSR count). The van der Waals surface area contributed by atoms with Crippen molar-refractivity contribution in [2.24, 2.45) is 0 Å². The van der Waals surface area contributed by atoms with Gasteiger partial charge >= 0.3 is 0 Å². The highest BCUT2D eigenvalue weighted by atomic mass is 32.2. The Balaban J connectivity index is 2.04. The lowest BCUT2D eigenvalue weighted by Gasteiger charge is -2.00. The van der Waals surface area contributed by atoms with Crippen molar-refractivity contribution in [1.29, 1.82) is 5.26 Å². The molecule has 2 aromatic rings. The lowest BCUT2D eigenvalue weighted by molar-refractivity contribution is 0.829. The Labute approximate surface area is 115 Å². The first-order valence-electron chi connectivity index (χ1n) is 6.08. The van der Waals surface area contributed by atoms with E-state index in [0.717, 1.165) is 34.9 Å². The molecule has 0 bridgehead atoms. The fourth-order valence-corrected chi connectivity index (χ4v) is 3.62. The van der Waals surface area contributed by atoms with E-state index >= 15 is 0 Å². The Morgan fingerprint density at radius 2 is 2.28 bits per heavy atom. The highest BCUT2D eigenvalue weighted by Gasteiger charge is 2.08. The molecule has 2 heterocycles. The number of aryl methyl sites for hydroxylation is 1. The number of fused-ring (bicyclic) bond motifs is 1. The van der Waals surface area contributed by atoms with Crippen LogP contribution in [-0.4, -0.2) is 15.7 Å². The van der Waals surface area contributed by atoms with E-state index in [0.29, 0.717) is 6.42 Å². The maximum absolute atomic E-state index is 8.48. The first-order valence-corrected chi connectivity index (χ1v) is 7.88. The maximum Gasteiger partial charge on any atom is 0.128 e. The fraction of sp³-hybridized carbons (Fsp3) is 0.462. The molecule has 18 heavy (non-hydrogen) atoms. The van der Waals surface area contributed by atoms with Gasteiger partial charge in [0.2, 0.25) is 0 Å². The summed E-state index contributed by atoms with van der Waals surface area (Å²) in [6.45, 7) is 2.16. The van der Waals surface area contributed by atoms with Crippen LogP contribution in [0.4, 0.5) is 0 Å². The van der Waals surface area contributed by atoms with Gasteiger partial charge in [-0.25, -0.2) is 9.97 Å². The molecular weight excluding hydrogens is 262 g/mol. The average molecular weight is 277 g/mol. The molecule has 0 saturated carbocycles. The van der Waals surface area contributed by atoms with Gasteiger partial charge in [0.05, 0.1) is 6.07 Å². The summed E-state index contributed by atoms with van der Waals surface area (Å²) >= 11 is 3.52. The van der Waals surface area contributed by atoms with Crippen molar-refractivity contribution in [3.8, 4) is 6.07 Å². The quantitative estimate of drug-likeness (QED) is 0.454. The summed E-state index contributed by atoms with van der Waals surface area (Å²) in [7, 11) is 0. The van der Waals surface area contributed by atoms with Crippen LogP contribution in [0.5, 0.6) is 0 Å². The van der Waals surface area contributed by atoms with Gasteiger partial charge in [-0.05, 0) is 31.1 Å². The molecule has 94 valence electrons. The molecule has 0 aromatic carbocycles. The number of hydrogen-bond acceptors (Lipinski definition) is 5. The van der Waals surface area contributed by atoms with Crippen molar-refractivity contribution >= 4 is 33.3 Å². The van der Waals surface area contributed by atoms with Gasteiger partial charge in [-0.1, -0.05) is 6.92 Å². The van der Waals surface area contributed by atoms with Crippen molar-refractivity contribution in [1.82, 2.24) is 9.97 Å². The number of aromatic nitrogens is 2. The van der Waals surface area contributed by atoms with Crippen LogP contribution in [-0.2, 0) is 6.42 Å². The van der Waals surface area contributed by atoms with Crippen molar-refractivity contribution in [3.63, 3.8) is 0 Å². The second kappa shape index (κ2) is 6.72. The van der Waals surface area contributed by atoms with Gasteiger partial charge in [0.15, 0.2) is 0 Å². The topological polar surface area (TPSA) is 49.6 Å². The van der Waals surface area contributed by atoms with E-state index in [1.165, 1.54) is 10.3 Å².